The minimum Gasteiger partial charge on any atom is -0.472 e. The van der Waals surface area contributed by atoms with Crippen molar-refractivity contribution < 1.29 is 9.66 Å². The van der Waals surface area contributed by atoms with Crippen LogP contribution in [0.1, 0.15) is 57.7 Å². The second-order valence-electron chi connectivity index (χ2n) is 8.16. The third-order valence-electron chi connectivity index (χ3n) is 5.97. The highest BCUT2D eigenvalue weighted by atomic mass is 35.5. The molecule has 32 heavy (non-hydrogen) atoms. The van der Waals surface area contributed by atoms with Crippen LogP contribution >= 0.6 is 23.2 Å². The Kier molecular flexibility index (Phi) is 6.80. The Morgan fingerprint density at radius 2 is 2.00 bits per heavy atom. The molecule has 4 rings (SSSR count). The summed E-state index contributed by atoms with van der Waals surface area (Å²) < 4.78 is 9.25. The fraction of sp³-hybridized carbons (Fsp3) is 0.600. The molecule has 0 amide bonds. The average Bonchev–Trinajstić information content (AvgIpc) is 3.29. The quantitative estimate of drug-likeness (QED) is 0.192. The molecule has 1 aliphatic rings. The Bertz CT molecular complexity index is 1120. The predicted molar refractivity (Wildman–Crippen MR) is 120 cm³/mol. The smallest absolute Gasteiger partial charge is 0.353 e. The molecule has 0 saturated heterocycles. The van der Waals surface area contributed by atoms with Crippen molar-refractivity contribution >= 4 is 39.9 Å². The lowest BCUT2D eigenvalue weighted by molar-refractivity contribution is -0.386. The van der Waals surface area contributed by atoms with E-state index in [0.717, 1.165) is 25.7 Å². The van der Waals surface area contributed by atoms with Gasteiger partial charge in [0.2, 0.25) is 5.28 Å². The van der Waals surface area contributed by atoms with Crippen molar-refractivity contribution in [2.45, 2.75) is 65.0 Å². The van der Waals surface area contributed by atoms with Crippen LogP contribution in [-0.4, -0.2) is 41.1 Å². The standard InChI is InChI=1S/C20H25Cl2N7O3/c1-3-15-16(29(30)31)19(26-28(15)13-7-5-12(2)6-8-13)32-10-4-9-27-18-14(17(21)25-27)11-23-20(22)24-18/h11-13H,3-10H2,1-2H3/t12-,13-. The van der Waals surface area contributed by atoms with E-state index in [2.05, 4.69) is 27.1 Å². The van der Waals surface area contributed by atoms with Gasteiger partial charge in [-0.1, -0.05) is 25.4 Å². The molecule has 0 aromatic carbocycles. The third kappa shape index (κ3) is 4.52. The molecule has 172 valence electrons. The first kappa shape index (κ1) is 22.7. The van der Waals surface area contributed by atoms with Gasteiger partial charge in [0.05, 0.1) is 23.0 Å². The number of hydrogen-bond donors (Lipinski definition) is 0. The van der Waals surface area contributed by atoms with Crippen LogP contribution in [0.3, 0.4) is 0 Å². The van der Waals surface area contributed by atoms with Gasteiger partial charge in [-0.15, -0.1) is 5.10 Å². The average molecular weight is 482 g/mol. The summed E-state index contributed by atoms with van der Waals surface area (Å²) in [6.45, 7) is 4.84. The molecule has 0 bridgehead atoms. The van der Waals surface area contributed by atoms with Crippen molar-refractivity contribution in [1.29, 1.82) is 0 Å². The van der Waals surface area contributed by atoms with Crippen LogP contribution in [-0.2, 0) is 13.0 Å². The van der Waals surface area contributed by atoms with Gasteiger partial charge in [-0.2, -0.15) is 10.1 Å². The topological polar surface area (TPSA) is 114 Å². The van der Waals surface area contributed by atoms with Crippen molar-refractivity contribution in [2.75, 3.05) is 6.61 Å². The molecule has 1 aliphatic carbocycles. The highest BCUT2D eigenvalue weighted by molar-refractivity contribution is 6.34. The Morgan fingerprint density at radius 3 is 2.69 bits per heavy atom. The summed E-state index contributed by atoms with van der Waals surface area (Å²) in [4.78, 5) is 19.5. The normalized spacial score (nSPS) is 18.9. The number of nitro groups is 1. The zero-order valence-electron chi connectivity index (χ0n) is 18.0. The van der Waals surface area contributed by atoms with E-state index in [4.69, 9.17) is 27.9 Å². The third-order valence-corrected chi connectivity index (χ3v) is 6.43. The van der Waals surface area contributed by atoms with E-state index in [1.54, 1.807) is 4.68 Å². The van der Waals surface area contributed by atoms with Crippen LogP contribution in [0.15, 0.2) is 6.20 Å². The van der Waals surface area contributed by atoms with E-state index >= 15 is 0 Å². The zero-order chi connectivity index (χ0) is 22.8. The molecule has 3 aromatic heterocycles. The summed E-state index contributed by atoms with van der Waals surface area (Å²) in [6.07, 6.45) is 6.74. The lowest BCUT2D eigenvalue weighted by atomic mass is 9.87. The van der Waals surface area contributed by atoms with Gasteiger partial charge in [0, 0.05) is 19.2 Å². The second-order valence-corrected chi connectivity index (χ2v) is 8.86. The van der Waals surface area contributed by atoms with Crippen LogP contribution in [0.2, 0.25) is 10.4 Å². The van der Waals surface area contributed by atoms with Crippen LogP contribution in [0, 0.1) is 16.0 Å². The van der Waals surface area contributed by atoms with Gasteiger partial charge >= 0.3 is 11.6 Å². The van der Waals surface area contributed by atoms with Crippen molar-refractivity contribution in [2.24, 2.45) is 5.92 Å². The molecule has 0 atom stereocenters. The molecule has 1 saturated carbocycles. The molecule has 0 radical (unpaired) electrons. The minimum atomic E-state index is -0.386. The Balaban J connectivity index is 1.47. The number of ether oxygens (including phenoxy) is 1. The van der Waals surface area contributed by atoms with E-state index in [9.17, 15) is 10.1 Å². The summed E-state index contributed by atoms with van der Waals surface area (Å²) in [5.74, 6) is 0.767. The van der Waals surface area contributed by atoms with E-state index in [1.807, 2.05) is 11.6 Å². The largest absolute Gasteiger partial charge is 0.472 e. The fourth-order valence-electron chi connectivity index (χ4n) is 4.28. The van der Waals surface area contributed by atoms with E-state index in [0.29, 0.717) is 47.2 Å². The fourth-order valence-corrected chi connectivity index (χ4v) is 4.63. The number of rotatable bonds is 8. The summed E-state index contributed by atoms with van der Waals surface area (Å²) >= 11 is 12.0. The van der Waals surface area contributed by atoms with E-state index in [-0.39, 0.29) is 34.4 Å². The minimum absolute atomic E-state index is 0.0294. The monoisotopic (exact) mass is 481 g/mol. The first-order valence-electron chi connectivity index (χ1n) is 10.8. The number of hydrogen-bond acceptors (Lipinski definition) is 7. The van der Waals surface area contributed by atoms with Gasteiger partial charge in [0.15, 0.2) is 10.8 Å². The maximum atomic E-state index is 11.8. The molecule has 0 N–H and O–H groups in total. The molecule has 0 aliphatic heterocycles. The van der Waals surface area contributed by atoms with E-state index in [1.165, 1.54) is 6.20 Å². The lowest BCUT2D eigenvalue weighted by Crippen LogP contribution is -2.19. The number of fused-ring (bicyclic) bond motifs is 1. The van der Waals surface area contributed by atoms with Crippen molar-refractivity contribution in [3.8, 4) is 5.88 Å². The summed E-state index contributed by atoms with van der Waals surface area (Å²) in [7, 11) is 0. The molecule has 3 aromatic rings. The molecular weight excluding hydrogens is 457 g/mol. The van der Waals surface area contributed by atoms with Gasteiger partial charge in [0.1, 0.15) is 5.69 Å². The molecular formula is C20H25Cl2N7O3. The van der Waals surface area contributed by atoms with Crippen molar-refractivity contribution in [3.05, 3.63) is 32.4 Å². The lowest BCUT2D eigenvalue weighted by Gasteiger charge is -2.27. The first-order valence-corrected chi connectivity index (χ1v) is 11.6. The van der Waals surface area contributed by atoms with Crippen molar-refractivity contribution in [3.63, 3.8) is 0 Å². The van der Waals surface area contributed by atoms with Crippen molar-refractivity contribution in [1.82, 2.24) is 29.5 Å². The highest BCUT2D eigenvalue weighted by Gasteiger charge is 2.32. The summed E-state index contributed by atoms with van der Waals surface area (Å²) in [6, 6.07) is 0.180. The molecule has 10 nitrogen and oxygen atoms in total. The Hall–Kier alpha value is -2.46. The van der Waals surface area contributed by atoms with Crippen LogP contribution in [0.25, 0.3) is 11.0 Å². The summed E-state index contributed by atoms with van der Waals surface area (Å²) in [5, 5.41) is 21.6. The SMILES string of the molecule is CCc1c([N+](=O)[O-])c(OCCCn2nc(Cl)c3cnc(Cl)nc32)nn1[C@H]1CC[C@H](C)CC1. The number of nitrogens with zero attached hydrogens (tertiary/aromatic N) is 7. The van der Waals surface area contributed by atoms with Crippen LogP contribution in [0.5, 0.6) is 5.88 Å². The molecule has 0 spiro atoms. The van der Waals surface area contributed by atoms with Crippen LogP contribution in [0.4, 0.5) is 5.69 Å². The van der Waals surface area contributed by atoms with Gasteiger partial charge in [0.25, 0.3) is 0 Å². The van der Waals surface area contributed by atoms with Gasteiger partial charge in [-0.25, -0.2) is 9.67 Å². The molecule has 0 unspecified atom stereocenters. The zero-order valence-corrected chi connectivity index (χ0v) is 19.5. The second kappa shape index (κ2) is 9.58. The number of aryl methyl sites for hydroxylation is 1. The maximum absolute atomic E-state index is 11.8. The number of aromatic nitrogens is 6. The number of halogens is 2. The Labute approximate surface area is 195 Å². The van der Waals surface area contributed by atoms with Gasteiger partial charge in [-0.3, -0.25) is 14.8 Å². The highest BCUT2D eigenvalue weighted by Crippen LogP contribution is 2.38. The first-order chi connectivity index (χ1) is 15.4. The van der Waals surface area contributed by atoms with Crippen LogP contribution < -0.4 is 4.74 Å². The maximum Gasteiger partial charge on any atom is 0.353 e. The molecule has 1 fully saturated rings. The van der Waals surface area contributed by atoms with Gasteiger partial charge in [-0.05, 0) is 49.6 Å². The summed E-state index contributed by atoms with van der Waals surface area (Å²) in [5.41, 5.74) is 1.13. The molecule has 3 heterocycles. The van der Waals surface area contributed by atoms with Gasteiger partial charge < -0.3 is 4.74 Å². The van der Waals surface area contributed by atoms with E-state index < -0.39 is 0 Å². The Morgan fingerprint density at radius 1 is 1.25 bits per heavy atom. The predicted octanol–water partition coefficient (Wildman–Crippen LogP) is 5.02. The molecule has 12 heteroatoms.